The smallest absolute Gasteiger partial charge is 0.330 e. The van der Waals surface area contributed by atoms with E-state index in [0.717, 1.165) is 34.3 Å². The number of methoxy groups -OCH3 is 1. The van der Waals surface area contributed by atoms with E-state index in [4.69, 9.17) is 9.88 Å². The number of rotatable bonds is 5. The van der Waals surface area contributed by atoms with Crippen LogP contribution in [0.4, 0.5) is 24.4 Å². The lowest BCUT2D eigenvalue weighted by atomic mass is 10.0. The summed E-state index contributed by atoms with van der Waals surface area (Å²) in [6.45, 7) is 3.01. The zero-order valence-electron chi connectivity index (χ0n) is 16.9. The van der Waals surface area contributed by atoms with Crippen LogP contribution < -0.4 is 19.7 Å². The maximum Gasteiger partial charge on any atom is 0.330 e. The van der Waals surface area contributed by atoms with Crippen LogP contribution in [0.3, 0.4) is 0 Å². The van der Waals surface area contributed by atoms with Crippen molar-refractivity contribution in [3.8, 4) is 16.9 Å². The second-order valence-corrected chi connectivity index (χ2v) is 8.82. The number of amides is 2. The van der Waals surface area contributed by atoms with Gasteiger partial charge in [-0.1, -0.05) is 23.5 Å². The maximum absolute atomic E-state index is 14.0. The number of carbonyl (C=O) groups is 1. The number of nitrogens with zero attached hydrogens (tertiary/aromatic N) is 3. The number of benzene rings is 2. The van der Waals surface area contributed by atoms with E-state index in [0.29, 0.717) is 35.0 Å². The third-order valence-corrected chi connectivity index (χ3v) is 7.03. The highest BCUT2D eigenvalue weighted by Crippen LogP contribution is 2.36. The van der Waals surface area contributed by atoms with E-state index in [2.05, 4.69) is 4.98 Å². The molecule has 3 aromatic rings. The van der Waals surface area contributed by atoms with Gasteiger partial charge < -0.3 is 4.74 Å². The van der Waals surface area contributed by atoms with Crippen LogP contribution in [0.25, 0.3) is 11.1 Å². The fourth-order valence-corrected chi connectivity index (χ4v) is 4.99. The van der Waals surface area contributed by atoms with Crippen molar-refractivity contribution in [1.29, 1.82) is 0 Å². The van der Waals surface area contributed by atoms with Gasteiger partial charge in [0.1, 0.15) is 5.82 Å². The standard InChI is InChI=1S/C21H20F2N4O2S2/c1-12-19(31-24)30-20(25-12)27-9-3-8-26(21(27)28)15-6-4-13(5-7-15)16-10-14(22)11-17(23)18(16)29-2/h4-7,10-11H,3,8-9,24H2,1-2H3. The number of ether oxygens (including phenoxy) is 1. The molecule has 0 spiro atoms. The van der Waals surface area contributed by atoms with Crippen LogP contribution in [-0.2, 0) is 0 Å². The van der Waals surface area contributed by atoms with Gasteiger partial charge in [-0.25, -0.2) is 18.6 Å². The van der Waals surface area contributed by atoms with E-state index in [9.17, 15) is 13.6 Å². The van der Waals surface area contributed by atoms with Crippen molar-refractivity contribution in [3.05, 3.63) is 53.7 Å². The second-order valence-electron chi connectivity index (χ2n) is 6.94. The van der Waals surface area contributed by atoms with Crippen LogP contribution in [-0.4, -0.2) is 31.2 Å². The molecule has 2 N–H and O–H groups in total. The van der Waals surface area contributed by atoms with Gasteiger partial charge in [0.2, 0.25) is 0 Å². The number of halogens is 2. The van der Waals surface area contributed by atoms with Crippen LogP contribution in [0.1, 0.15) is 12.1 Å². The summed E-state index contributed by atoms with van der Waals surface area (Å²) in [5, 5.41) is 6.29. The van der Waals surface area contributed by atoms with Crippen molar-refractivity contribution in [2.24, 2.45) is 5.14 Å². The normalized spacial score (nSPS) is 14.3. The number of aryl methyl sites for hydroxylation is 1. The number of anilines is 2. The topological polar surface area (TPSA) is 71.7 Å². The van der Waals surface area contributed by atoms with Gasteiger partial charge in [0.05, 0.1) is 17.0 Å². The van der Waals surface area contributed by atoms with E-state index in [1.807, 2.05) is 6.92 Å². The van der Waals surface area contributed by atoms with Gasteiger partial charge in [-0.15, -0.1) is 0 Å². The Bertz CT molecular complexity index is 1120. The van der Waals surface area contributed by atoms with E-state index in [1.54, 1.807) is 34.1 Å². The summed E-state index contributed by atoms with van der Waals surface area (Å²) in [4.78, 5) is 20.9. The van der Waals surface area contributed by atoms with Crippen molar-refractivity contribution >= 4 is 40.1 Å². The number of carbonyl (C=O) groups excluding carboxylic acids is 1. The maximum atomic E-state index is 14.0. The molecule has 0 aliphatic carbocycles. The zero-order chi connectivity index (χ0) is 22.1. The predicted octanol–water partition coefficient (Wildman–Crippen LogP) is 5.21. The third kappa shape index (κ3) is 4.10. The Labute approximate surface area is 186 Å². The highest BCUT2D eigenvalue weighted by Gasteiger charge is 2.30. The van der Waals surface area contributed by atoms with Gasteiger partial charge in [0, 0.05) is 30.4 Å². The summed E-state index contributed by atoms with van der Waals surface area (Å²) >= 11 is 2.52. The number of thiazole rings is 1. The molecule has 1 saturated heterocycles. The molecule has 6 nitrogen and oxygen atoms in total. The van der Waals surface area contributed by atoms with Crippen molar-refractivity contribution in [3.63, 3.8) is 0 Å². The molecule has 0 unspecified atom stereocenters. The Hall–Kier alpha value is -2.69. The molecule has 0 saturated carbocycles. The molecule has 162 valence electrons. The number of nitrogens with two attached hydrogens (primary N) is 1. The van der Waals surface area contributed by atoms with Gasteiger partial charge in [-0.3, -0.25) is 14.9 Å². The Morgan fingerprint density at radius 2 is 1.87 bits per heavy atom. The highest BCUT2D eigenvalue weighted by atomic mass is 32.2. The predicted molar refractivity (Wildman–Crippen MR) is 120 cm³/mol. The van der Waals surface area contributed by atoms with Crippen LogP contribution in [0.2, 0.25) is 0 Å². The van der Waals surface area contributed by atoms with Crippen LogP contribution >= 0.6 is 23.3 Å². The summed E-state index contributed by atoms with van der Waals surface area (Å²) in [5.74, 6) is -1.48. The number of aromatic nitrogens is 1. The molecule has 1 aliphatic rings. The van der Waals surface area contributed by atoms with Gasteiger partial charge >= 0.3 is 6.03 Å². The highest BCUT2D eigenvalue weighted by molar-refractivity contribution is 7.99. The van der Waals surface area contributed by atoms with Crippen molar-refractivity contribution in [2.45, 2.75) is 17.6 Å². The number of hydrogen-bond donors (Lipinski definition) is 1. The largest absolute Gasteiger partial charge is 0.493 e. The fourth-order valence-electron chi connectivity index (χ4n) is 3.54. The van der Waals surface area contributed by atoms with Gasteiger partial charge in [-0.05, 0) is 49.1 Å². The third-order valence-electron chi connectivity index (χ3n) is 5.01. The molecular formula is C21H20F2N4O2S2. The fraction of sp³-hybridized carbons (Fsp3) is 0.238. The first kappa shape index (κ1) is 21.5. The molecule has 1 aliphatic heterocycles. The molecule has 0 bridgehead atoms. The van der Waals surface area contributed by atoms with E-state index < -0.39 is 11.6 Å². The molecule has 2 heterocycles. The summed E-state index contributed by atoms with van der Waals surface area (Å²) in [6, 6.07) is 8.79. The molecule has 2 amide bonds. The molecule has 1 fully saturated rings. The molecule has 2 aromatic carbocycles. The second kappa shape index (κ2) is 8.81. The SMILES string of the molecule is COc1c(F)cc(F)cc1-c1ccc(N2CCCN(c3nc(C)c(SN)s3)C2=O)cc1. The van der Waals surface area contributed by atoms with Crippen LogP contribution in [0.15, 0.2) is 40.6 Å². The Balaban J connectivity index is 1.61. The van der Waals surface area contributed by atoms with Crippen molar-refractivity contribution < 1.29 is 18.3 Å². The Kier molecular flexibility index (Phi) is 6.12. The van der Waals surface area contributed by atoms with Gasteiger partial charge in [0.25, 0.3) is 0 Å². The molecule has 10 heteroatoms. The number of hydrogen-bond acceptors (Lipinski definition) is 6. The summed E-state index contributed by atoms with van der Waals surface area (Å²) < 4.78 is 33.8. The average Bonchev–Trinajstić information content (AvgIpc) is 3.14. The molecular weight excluding hydrogens is 442 g/mol. The van der Waals surface area contributed by atoms with E-state index in [-0.39, 0.29) is 11.8 Å². The van der Waals surface area contributed by atoms with E-state index in [1.165, 1.54) is 24.5 Å². The lowest BCUT2D eigenvalue weighted by molar-refractivity contribution is 0.248. The molecule has 4 rings (SSSR count). The van der Waals surface area contributed by atoms with Crippen molar-refractivity contribution in [2.75, 3.05) is 30.0 Å². The lowest BCUT2D eigenvalue weighted by Gasteiger charge is -2.34. The molecule has 31 heavy (non-hydrogen) atoms. The number of urea groups is 1. The molecule has 0 radical (unpaired) electrons. The Morgan fingerprint density at radius 1 is 1.16 bits per heavy atom. The first-order valence-corrected chi connectivity index (χ1v) is 11.2. The zero-order valence-corrected chi connectivity index (χ0v) is 18.5. The Morgan fingerprint density at radius 3 is 2.52 bits per heavy atom. The van der Waals surface area contributed by atoms with Gasteiger partial charge in [-0.2, -0.15) is 0 Å². The van der Waals surface area contributed by atoms with Crippen LogP contribution in [0.5, 0.6) is 5.75 Å². The first-order chi connectivity index (χ1) is 14.9. The van der Waals surface area contributed by atoms with E-state index >= 15 is 0 Å². The molecule has 1 aromatic heterocycles. The molecule has 0 atom stereocenters. The summed E-state index contributed by atoms with van der Waals surface area (Å²) in [5.41, 5.74) is 2.39. The van der Waals surface area contributed by atoms with Crippen molar-refractivity contribution in [1.82, 2.24) is 4.98 Å². The minimum absolute atomic E-state index is 0.0258. The average molecular weight is 463 g/mol. The minimum Gasteiger partial charge on any atom is -0.493 e. The quantitative estimate of drug-likeness (QED) is 0.527. The van der Waals surface area contributed by atoms with Crippen LogP contribution in [0, 0.1) is 18.6 Å². The van der Waals surface area contributed by atoms with Gasteiger partial charge in [0.15, 0.2) is 16.7 Å². The minimum atomic E-state index is -0.767. The summed E-state index contributed by atoms with van der Waals surface area (Å²) in [6.07, 6.45) is 0.778. The summed E-state index contributed by atoms with van der Waals surface area (Å²) in [7, 11) is 1.34. The first-order valence-electron chi connectivity index (χ1n) is 9.49. The monoisotopic (exact) mass is 462 g/mol. The lowest BCUT2D eigenvalue weighted by Crippen LogP contribution is -2.49.